The van der Waals surface area contributed by atoms with Crippen molar-refractivity contribution in [3.63, 3.8) is 0 Å². The van der Waals surface area contributed by atoms with Crippen LogP contribution >= 0.6 is 11.6 Å². The van der Waals surface area contributed by atoms with Crippen LogP contribution in [0.25, 0.3) is 0 Å². The summed E-state index contributed by atoms with van der Waals surface area (Å²) < 4.78 is 32.2. The molecule has 20 heavy (non-hydrogen) atoms. The second-order valence-corrected chi connectivity index (χ2v) is 7.35. The summed E-state index contributed by atoms with van der Waals surface area (Å²) in [5, 5.41) is 0.252. The van der Waals surface area contributed by atoms with Gasteiger partial charge in [0.15, 0.2) is 0 Å². The summed E-state index contributed by atoms with van der Waals surface area (Å²) in [6, 6.07) is 4.91. The molecule has 6 heteroatoms. The highest BCUT2D eigenvalue weighted by Gasteiger charge is 2.21. The van der Waals surface area contributed by atoms with Crippen molar-refractivity contribution >= 4 is 21.6 Å². The Balaban J connectivity index is 1.77. The van der Waals surface area contributed by atoms with Gasteiger partial charge in [-0.15, -0.1) is 0 Å². The summed E-state index contributed by atoms with van der Waals surface area (Å²) in [6.45, 7) is 3.61. The molecule has 0 unspecified atom stereocenters. The van der Waals surface area contributed by atoms with Gasteiger partial charge in [-0.25, -0.2) is 13.1 Å². The van der Waals surface area contributed by atoms with Crippen molar-refractivity contribution in [1.82, 2.24) is 4.72 Å². The molecule has 0 amide bonds. The highest BCUT2D eigenvalue weighted by molar-refractivity contribution is 7.89. The van der Waals surface area contributed by atoms with E-state index in [4.69, 9.17) is 16.3 Å². The molecule has 112 valence electrons. The number of benzene rings is 1. The molecule has 0 bridgehead atoms. The Kier molecular flexibility index (Phi) is 5.43. The summed E-state index contributed by atoms with van der Waals surface area (Å²) >= 11 is 5.97. The highest BCUT2D eigenvalue weighted by Crippen LogP contribution is 2.28. The number of sulfonamides is 1. The van der Waals surface area contributed by atoms with Crippen LogP contribution in [0.4, 0.5) is 0 Å². The van der Waals surface area contributed by atoms with Gasteiger partial charge < -0.3 is 4.74 Å². The monoisotopic (exact) mass is 317 g/mol. The molecule has 0 aromatic heterocycles. The van der Waals surface area contributed by atoms with Crippen LogP contribution in [-0.2, 0) is 14.8 Å². The fraction of sp³-hybridized carbons (Fsp3) is 0.571. The zero-order valence-electron chi connectivity index (χ0n) is 11.6. The first-order valence-electron chi connectivity index (χ1n) is 6.82. The third-order valence-corrected chi connectivity index (χ3v) is 5.13. The Morgan fingerprint density at radius 3 is 2.80 bits per heavy atom. The van der Waals surface area contributed by atoms with E-state index in [0.29, 0.717) is 19.6 Å². The van der Waals surface area contributed by atoms with E-state index < -0.39 is 10.0 Å². The lowest BCUT2D eigenvalue weighted by molar-refractivity contribution is 0.123. The SMILES string of the molecule is Cc1ccc(S(=O)(=O)NCCCOCC2CC2)c(Cl)c1. The summed E-state index contributed by atoms with van der Waals surface area (Å²) in [5.41, 5.74) is 0.933. The largest absolute Gasteiger partial charge is 0.381 e. The molecule has 1 fully saturated rings. The quantitative estimate of drug-likeness (QED) is 0.750. The van der Waals surface area contributed by atoms with Crippen molar-refractivity contribution in [2.45, 2.75) is 31.1 Å². The molecule has 0 saturated heterocycles. The van der Waals surface area contributed by atoms with Gasteiger partial charge in [0.25, 0.3) is 0 Å². The predicted octanol–water partition coefficient (Wildman–Crippen LogP) is 2.74. The van der Waals surface area contributed by atoms with E-state index >= 15 is 0 Å². The third-order valence-electron chi connectivity index (χ3n) is 3.18. The summed E-state index contributed by atoms with van der Waals surface area (Å²) in [7, 11) is -3.54. The van der Waals surface area contributed by atoms with Crippen molar-refractivity contribution in [2.75, 3.05) is 19.8 Å². The topological polar surface area (TPSA) is 55.4 Å². The zero-order chi connectivity index (χ0) is 14.6. The molecule has 0 aliphatic heterocycles. The molecule has 1 aliphatic carbocycles. The number of halogens is 1. The zero-order valence-corrected chi connectivity index (χ0v) is 13.1. The van der Waals surface area contributed by atoms with Crippen LogP contribution < -0.4 is 4.72 Å². The summed E-state index contributed by atoms with van der Waals surface area (Å²) in [4.78, 5) is 0.128. The standard InChI is InChI=1S/C14H20ClNO3S/c1-11-3-6-14(13(15)9-11)20(17,18)16-7-2-8-19-10-12-4-5-12/h3,6,9,12,16H,2,4-5,7-8,10H2,1H3. The molecule has 2 rings (SSSR count). The second-order valence-electron chi connectivity index (χ2n) is 5.20. The fourth-order valence-corrected chi connectivity index (χ4v) is 3.49. The van der Waals surface area contributed by atoms with Crippen LogP contribution in [0.5, 0.6) is 0 Å². The molecule has 1 N–H and O–H groups in total. The van der Waals surface area contributed by atoms with Gasteiger partial charge in [-0.05, 0) is 49.8 Å². The molecule has 1 saturated carbocycles. The maximum absolute atomic E-state index is 12.1. The maximum atomic E-state index is 12.1. The number of aryl methyl sites for hydroxylation is 1. The number of rotatable bonds is 8. The van der Waals surface area contributed by atoms with E-state index in [-0.39, 0.29) is 9.92 Å². The van der Waals surface area contributed by atoms with E-state index in [1.165, 1.54) is 18.9 Å². The average molecular weight is 318 g/mol. The molecule has 1 aliphatic rings. The van der Waals surface area contributed by atoms with Crippen LogP contribution in [0.2, 0.25) is 5.02 Å². The normalized spacial score (nSPS) is 15.5. The van der Waals surface area contributed by atoms with Crippen molar-refractivity contribution in [3.05, 3.63) is 28.8 Å². The molecule has 0 radical (unpaired) electrons. The number of nitrogens with one attached hydrogen (secondary N) is 1. The third kappa shape index (κ3) is 4.74. The molecule has 1 aromatic rings. The minimum atomic E-state index is -3.54. The van der Waals surface area contributed by atoms with Gasteiger partial charge in [-0.2, -0.15) is 0 Å². The smallest absolute Gasteiger partial charge is 0.242 e. The summed E-state index contributed by atoms with van der Waals surface area (Å²) in [6.07, 6.45) is 3.19. The van der Waals surface area contributed by atoms with Gasteiger partial charge >= 0.3 is 0 Å². The van der Waals surface area contributed by atoms with Crippen molar-refractivity contribution in [2.24, 2.45) is 5.92 Å². The van der Waals surface area contributed by atoms with E-state index in [1.807, 2.05) is 6.92 Å². The van der Waals surface area contributed by atoms with Crippen LogP contribution in [0.3, 0.4) is 0 Å². The Labute approximate surface area is 125 Å². The van der Waals surface area contributed by atoms with E-state index in [2.05, 4.69) is 4.72 Å². The van der Waals surface area contributed by atoms with Gasteiger partial charge in [-0.1, -0.05) is 17.7 Å². The first-order chi connectivity index (χ1) is 9.49. The molecule has 0 heterocycles. The molecule has 4 nitrogen and oxygen atoms in total. The van der Waals surface area contributed by atoms with Gasteiger partial charge in [0.2, 0.25) is 10.0 Å². The molecule has 0 atom stereocenters. The maximum Gasteiger partial charge on any atom is 0.242 e. The molecular formula is C14H20ClNO3S. The predicted molar refractivity (Wildman–Crippen MR) is 79.5 cm³/mol. The number of ether oxygens (including phenoxy) is 1. The minimum absolute atomic E-state index is 0.128. The van der Waals surface area contributed by atoms with Crippen molar-refractivity contribution in [1.29, 1.82) is 0 Å². The Bertz CT molecular complexity index is 556. The van der Waals surface area contributed by atoms with E-state index in [0.717, 1.165) is 18.1 Å². The lowest BCUT2D eigenvalue weighted by Gasteiger charge is -2.09. The fourth-order valence-electron chi connectivity index (χ4n) is 1.82. The first kappa shape index (κ1) is 15.8. The van der Waals surface area contributed by atoms with Gasteiger partial charge in [0, 0.05) is 19.8 Å². The van der Waals surface area contributed by atoms with Crippen LogP contribution in [0, 0.1) is 12.8 Å². The number of hydrogen-bond donors (Lipinski definition) is 1. The Morgan fingerprint density at radius 1 is 1.40 bits per heavy atom. The number of hydrogen-bond acceptors (Lipinski definition) is 3. The van der Waals surface area contributed by atoms with Crippen molar-refractivity contribution in [3.8, 4) is 0 Å². The average Bonchev–Trinajstić information content (AvgIpc) is 3.17. The lowest BCUT2D eigenvalue weighted by Crippen LogP contribution is -2.26. The van der Waals surface area contributed by atoms with Crippen LogP contribution in [-0.4, -0.2) is 28.2 Å². The molecule has 1 aromatic carbocycles. The second kappa shape index (κ2) is 6.89. The summed E-state index contributed by atoms with van der Waals surface area (Å²) in [5.74, 6) is 0.734. The highest BCUT2D eigenvalue weighted by atomic mass is 35.5. The van der Waals surface area contributed by atoms with E-state index in [9.17, 15) is 8.42 Å². The van der Waals surface area contributed by atoms with Crippen LogP contribution in [0.15, 0.2) is 23.1 Å². The van der Waals surface area contributed by atoms with Gasteiger partial charge in [0.05, 0.1) is 5.02 Å². The Hall–Kier alpha value is -0.620. The van der Waals surface area contributed by atoms with Crippen molar-refractivity contribution < 1.29 is 13.2 Å². The first-order valence-corrected chi connectivity index (χ1v) is 8.69. The van der Waals surface area contributed by atoms with Gasteiger partial charge in [0.1, 0.15) is 4.90 Å². The Morgan fingerprint density at radius 2 is 2.15 bits per heavy atom. The minimum Gasteiger partial charge on any atom is -0.381 e. The molecule has 0 spiro atoms. The lowest BCUT2D eigenvalue weighted by atomic mass is 10.2. The molecular weight excluding hydrogens is 298 g/mol. The van der Waals surface area contributed by atoms with E-state index in [1.54, 1.807) is 12.1 Å². The van der Waals surface area contributed by atoms with Gasteiger partial charge in [-0.3, -0.25) is 0 Å². The van der Waals surface area contributed by atoms with Crippen LogP contribution in [0.1, 0.15) is 24.8 Å².